The maximum atomic E-state index is 12.9. The number of alkyl halides is 3. The topological polar surface area (TPSA) is 29.3 Å². The molecule has 0 aromatic heterocycles. The first-order valence-corrected chi connectivity index (χ1v) is 5.61. The third-order valence-corrected chi connectivity index (χ3v) is 2.54. The third-order valence-electron chi connectivity index (χ3n) is 2.54. The Bertz CT molecular complexity index is 375. The molecule has 0 amide bonds. The Morgan fingerprint density at radius 3 is 2.35 bits per heavy atom. The largest absolute Gasteiger partial charge is 0.418 e. The second kappa shape index (κ2) is 5.29. The van der Waals surface area contributed by atoms with Gasteiger partial charge in [-0.3, -0.25) is 0 Å². The van der Waals surface area contributed by atoms with Gasteiger partial charge in [0.15, 0.2) is 0 Å². The number of rotatable bonds is 4. The van der Waals surface area contributed by atoms with Crippen LogP contribution in [0.2, 0.25) is 0 Å². The summed E-state index contributed by atoms with van der Waals surface area (Å²) in [5.74, 6) is 0. The number of nitrogens with two attached hydrogens (primary N) is 1. The fraction of sp³-hybridized carbons (Fsp3) is 0.500. The van der Waals surface area contributed by atoms with Crippen LogP contribution in [0.4, 0.5) is 24.5 Å². The number of anilines is 2. The van der Waals surface area contributed by atoms with Crippen LogP contribution in [-0.4, -0.2) is 13.1 Å². The highest BCUT2D eigenvalue weighted by Gasteiger charge is 2.34. The van der Waals surface area contributed by atoms with Crippen molar-refractivity contribution in [2.75, 3.05) is 23.7 Å². The molecule has 0 aliphatic rings. The van der Waals surface area contributed by atoms with Gasteiger partial charge in [0.2, 0.25) is 0 Å². The number of nitrogens with zero attached hydrogens (tertiary/aromatic N) is 1. The first-order valence-electron chi connectivity index (χ1n) is 5.61. The molecule has 0 unspecified atom stereocenters. The smallest absolute Gasteiger partial charge is 0.399 e. The van der Waals surface area contributed by atoms with Crippen LogP contribution in [-0.2, 0) is 6.18 Å². The van der Waals surface area contributed by atoms with Gasteiger partial charge < -0.3 is 10.6 Å². The first kappa shape index (κ1) is 13.7. The van der Waals surface area contributed by atoms with Crippen molar-refractivity contribution in [2.45, 2.75) is 26.4 Å². The van der Waals surface area contributed by atoms with Crippen molar-refractivity contribution in [3.63, 3.8) is 0 Å². The summed E-state index contributed by atoms with van der Waals surface area (Å²) in [4.78, 5) is 1.71. The zero-order valence-corrected chi connectivity index (χ0v) is 10.0. The monoisotopic (exact) mass is 246 g/mol. The predicted molar refractivity (Wildman–Crippen MR) is 64.0 cm³/mol. The molecule has 0 spiro atoms. The lowest BCUT2D eigenvalue weighted by Crippen LogP contribution is -2.26. The van der Waals surface area contributed by atoms with Gasteiger partial charge in [0.1, 0.15) is 0 Å². The van der Waals surface area contributed by atoms with Gasteiger partial charge >= 0.3 is 6.18 Å². The summed E-state index contributed by atoms with van der Waals surface area (Å²) >= 11 is 0. The molecule has 2 N–H and O–H groups in total. The minimum atomic E-state index is -4.37. The molecular formula is C12H17F3N2. The molecule has 1 rings (SSSR count). The van der Waals surface area contributed by atoms with Crippen molar-refractivity contribution in [1.82, 2.24) is 0 Å². The van der Waals surface area contributed by atoms with Crippen molar-refractivity contribution in [1.29, 1.82) is 0 Å². The Morgan fingerprint density at radius 1 is 1.24 bits per heavy atom. The lowest BCUT2D eigenvalue weighted by atomic mass is 10.1. The Kier molecular flexibility index (Phi) is 4.26. The lowest BCUT2D eigenvalue weighted by Gasteiger charge is -2.26. The molecule has 0 saturated carbocycles. The SMILES string of the molecule is CCCN(CC)c1ccc(N)cc1C(F)(F)F. The van der Waals surface area contributed by atoms with E-state index in [1.807, 2.05) is 13.8 Å². The van der Waals surface area contributed by atoms with Crippen molar-refractivity contribution in [3.8, 4) is 0 Å². The highest BCUT2D eigenvalue weighted by Crippen LogP contribution is 2.37. The Hall–Kier alpha value is -1.39. The quantitative estimate of drug-likeness (QED) is 0.823. The zero-order valence-electron chi connectivity index (χ0n) is 10.0. The maximum absolute atomic E-state index is 12.9. The van der Waals surface area contributed by atoms with E-state index < -0.39 is 11.7 Å². The molecule has 1 aromatic rings. The van der Waals surface area contributed by atoms with E-state index in [0.29, 0.717) is 13.1 Å². The summed E-state index contributed by atoms with van der Waals surface area (Å²) in [6.45, 7) is 4.92. The van der Waals surface area contributed by atoms with Crippen LogP contribution in [0.1, 0.15) is 25.8 Å². The lowest BCUT2D eigenvalue weighted by molar-refractivity contribution is -0.137. The summed E-state index contributed by atoms with van der Waals surface area (Å²) in [6, 6.07) is 3.94. The molecule has 0 saturated heterocycles. The highest BCUT2D eigenvalue weighted by molar-refractivity contribution is 5.60. The standard InChI is InChI=1S/C12H17F3N2/c1-3-7-17(4-2)11-6-5-9(16)8-10(11)12(13,14)15/h5-6,8H,3-4,7,16H2,1-2H3. The Morgan fingerprint density at radius 2 is 1.88 bits per heavy atom. The van der Waals surface area contributed by atoms with E-state index in [9.17, 15) is 13.2 Å². The molecular weight excluding hydrogens is 229 g/mol. The Labute approximate surface area is 99.2 Å². The van der Waals surface area contributed by atoms with E-state index in [0.717, 1.165) is 12.5 Å². The van der Waals surface area contributed by atoms with Crippen molar-refractivity contribution in [2.24, 2.45) is 0 Å². The van der Waals surface area contributed by atoms with E-state index >= 15 is 0 Å². The molecule has 0 bridgehead atoms. The van der Waals surface area contributed by atoms with Gasteiger partial charge in [-0.25, -0.2) is 0 Å². The minimum absolute atomic E-state index is 0.133. The molecule has 17 heavy (non-hydrogen) atoms. The summed E-state index contributed by atoms with van der Waals surface area (Å²) in [7, 11) is 0. The van der Waals surface area contributed by atoms with Crippen molar-refractivity contribution >= 4 is 11.4 Å². The van der Waals surface area contributed by atoms with E-state index in [1.54, 1.807) is 4.90 Å². The second-order valence-electron chi connectivity index (χ2n) is 3.85. The van der Waals surface area contributed by atoms with Gasteiger partial charge in [-0.1, -0.05) is 6.92 Å². The van der Waals surface area contributed by atoms with Gasteiger partial charge in [0.05, 0.1) is 5.56 Å². The average Bonchev–Trinajstić information content (AvgIpc) is 2.25. The fourth-order valence-corrected chi connectivity index (χ4v) is 1.78. The van der Waals surface area contributed by atoms with Crippen LogP contribution in [0.3, 0.4) is 0 Å². The Balaban J connectivity index is 3.22. The average molecular weight is 246 g/mol. The van der Waals surface area contributed by atoms with Gasteiger partial charge in [-0.15, -0.1) is 0 Å². The molecule has 0 radical (unpaired) electrons. The van der Waals surface area contributed by atoms with E-state index in [2.05, 4.69) is 0 Å². The van der Waals surface area contributed by atoms with Crippen LogP contribution in [0.25, 0.3) is 0 Å². The number of hydrogen-bond donors (Lipinski definition) is 1. The van der Waals surface area contributed by atoms with E-state index in [4.69, 9.17) is 5.73 Å². The summed E-state index contributed by atoms with van der Waals surface area (Å²) in [5, 5.41) is 0. The summed E-state index contributed by atoms with van der Waals surface area (Å²) in [5.41, 5.74) is 5.10. The highest BCUT2D eigenvalue weighted by atomic mass is 19.4. The van der Waals surface area contributed by atoms with Gasteiger partial charge in [-0.05, 0) is 31.5 Å². The molecule has 0 fully saturated rings. The molecule has 5 heteroatoms. The first-order chi connectivity index (χ1) is 7.90. The summed E-state index contributed by atoms with van der Waals surface area (Å²) < 4.78 is 38.6. The van der Waals surface area contributed by atoms with Gasteiger partial charge in [0.25, 0.3) is 0 Å². The zero-order chi connectivity index (χ0) is 13.1. The molecule has 96 valence electrons. The predicted octanol–water partition coefficient (Wildman–Crippen LogP) is 3.52. The molecule has 0 aliphatic carbocycles. The van der Waals surface area contributed by atoms with Crippen molar-refractivity contribution in [3.05, 3.63) is 23.8 Å². The number of hydrogen-bond acceptors (Lipinski definition) is 2. The minimum Gasteiger partial charge on any atom is -0.399 e. The van der Waals surface area contributed by atoms with Gasteiger partial charge in [-0.2, -0.15) is 13.2 Å². The van der Waals surface area contributed by atoms with Crippen LogP contribution in [0, 0.1) is 0 Å². The molecule has 1 aromatic carbocycles. The second-order valence-corrected chi connectivity index (χ2v) is 3.85. The normalized spacial score (nSPS) is 11.6. The van der Waals surface area contributed by atoms with Crippen LogP contribution < -0.4 is 10.6 Å². The number of benzene rings is 1. The van der Waals surface area contributed by atoms with E-state index in [-0.39, 0.29) is 11.4 Å². The molecule has 0 aliphatic heterocycles. The van der Waals surface area contributed by atoms with Gasteiger partial charge in [0, 0.05) is 24.5 Å². The summed E-state index contributed by atoms with van der Waals surface area (Å²) in [6.07, 6.45) is -3.57. The number of nitrogen functional groups attached to an aromatic ring is 1. The van der Waals surface area contributed by atoms with Crippen LogP contribution in [0.15, 0.2) is 18.2 Å². The van der Waals surface area contributed by atoms with Crippen molar-refractivity contribution < 1.29 is 13.2 Å². The molecule has 0 atom stereocenters. The maximum Gasteiger partial charge on any atom is 0.418 e. The van der Waals surface area contributed by atoms with Crippen LogP contribution >= 0.6 is 0 Å². The molecule has 0 heterocycles. The fourth-order valence-electron chi connectivity index (χ4n) is 1.78. The number of halogens is 3. The van der Waals surface area contributed by atoms with Crippen LogP contribution in [0.5, 0.6) is 0 Å². The van der Waals surface area contributed by atoms with E-state index in [1.165, 1.54) is 12.1 Å². The molecule has 2 nitrogen and oxygen atoms in total. The third kappa shape index (κ3) is 3.28.